The number of fused-ring (bicyclic) bond motifs is 1. The minimum absolute atomic E-state index is 0.00515. The fourth-order valence-corrected chi connectivity index (χ4v) is 2.94. The molecule has 1 aliphatic rings. The molecule has 150 valence electrons. The standard InChI is InChI=1S/C16H21NO.C4H9N.C2H6.C2H2/c1-16(2,17-9-10-18)12-13-7-8-14-5-3-4-6-15(14)11-13;1-2-4-5-3-1;2*1-2/h3-8,11,17-18H,9-10,12H2,1-2H3;5H,1-4H2;1-2H3;1-2H. The quantitative estimate of drug-likeness (QED) is 0.684. The minimum Gasteiger partial charge on any atom is -0.395 e. The Bertz CT molecular complexity index is 623. The Morgan fingerprint density at radius 3 is 2.11 bits per heavy atom. The largest absolute Gasteiger partial charge is 0.395 e. The topological polar surface area (TPSA) is 44.3 Å². The van der Waals surface area contributed by atoms with Gasteiger partial charge in [0.1, 0.15) is 0 Å². The molecule has 0 aliphatic carbocycles. The zero-order valence-electron chi connectivity index (χ0n) is 17.6. The number of aliphatic hydroxyl groups excluding tert-OH is 1. The number of aliphatic hydroxyl groups is 1. The van der Waals surface area contributed by atoms with Gasteiger partial charge in [-0.2, -0.15) is 0 Å². The maximum atomic E-state index is 8.87. The highest BCUT2D eigenvalue weighted by Crippen LogP contribution is 2.19. The summed E-state index contributed by atoms with van der Waals surface area (Å²) in [6, 6.07) is 15.0. The third-order valence-corrected chi connectivity index (χ3v) is 4.13. The predicted octanol–water partition coefficient (Wildman–Crippen LogP) is 4.39. The molecule has 3 N–H and O–H groups in total. The van der Waals surface area contributed by atoms with E-state index in [1.54, 1.807) is 0 Å². The molecular formula is C24H38N2O. The van der Waals surface area contributed by atoms with E-state index in [9.17, 15) is 0 Å². The van der Waals surface area contributed by atoms with Gasteiger partial charge < -0.3 is 15.7 Å². The van der Waals surface area contributed by atoms with Crippen LogP contribution in [0.4, 0.5) is 0 Å². The molecule has 1 saturated heterocycles. The summed E-state index contributed by atoms with van der Waals surface area (Å²) in [6.45, 7) is 11.7. The summed E-state index contributed by atoms with van der Waals surface area (Å²) in [5.74, 6) is 0. The van der Waals surface area contributed by atoms with Gasteiger partial charge in [0.25, 0.3) is 0 Å². The molecule has 2 aromatic rings. The minimum atomic E-state index is 0.00515. The molecule has 0 radical (unpaired) electrons. The van der Waals surface area contributed by atoms with E-state index in [2.05, 4.69) is 79.8 Å². The van der Waals surface area contributed by atoms with E-state index in [1.165, 1.54) is 42.3 Å². The Morgan fingerprint density at radius 1 is 1.00 bits per heavy atom. The number of terminal acetylenes is 1. The van der Waals surface area contributed by atoms with Gasteiger partial charge >= 0.3 is 0 Å². The Morgan fingerprint density at radius 2 is 1.59 bits per heavy atom. The highest BCUT2D eigenvalue weighted by atomic mass is 16.3. The first-order valence-corrected chi connectivity index (χ1v) is 9.98. The van der Waals surface area contributed by atoms with Gasteiger partial charge in [-0.1, -0.05) is 56.3 Å². The smallest absolute Gasteiger partial charge is 0.0556 e. The first-order chi connectivity index (χ1) is 13.1. The van der Waals surface area contributed by atoms with Crippen molar-refractivity contribution in [3.63, 3.8) is 0 Å². The number of hydrogen-bond acceptors (Lipinski definition) is 3. The molecule has 0 unspecified atom stereocenters. The van der Waals surface area contributed by atoms with Crippen LogP contribution >= 0.6 is 0 Å². The van der Waals surface area contributed by atoms with Crippen molar-refractivity contribution >= 4 is 10.8 Å². The molecule has 0 saturated carbocycles. The highest BCUT2D eigenvalue weighted by molar-refractivity contribution is 5.83. The van der Waals surface area contributed by atoms with Crippen LogP contribution in [-0.4, -0.2) is 36.9 Å². The summed E-state index contributed by atoms with van der Waals surface area (Å²) in [5.41, 5.74) is 1.33. The van der Waals surface area contributed by atoms with E-state index in [0.717, 1.165) is 6.42 Å². The molecular weight excluding hydrogens is 332 g/mol. The fourth-order valence-electron chi connectivity index (χ4n) is 2.94. The molecule has 3 rings (SSSR count). The third-order valence-electron chi connectivity index (χ3n) is 4.13. The fraction of sp³-hybridized carbons (Fsp3) is 0.500. The van der Waals surface area contributed by atoms with E-state index in [-0.39, 0.29) is 12.1 Å². The summed E-state index contributed by atoms with van der Waals surface area (Å²) >= 11 is 0. The van der Waals surface area contributed by atoms with Crippen molar-refractivity contribution in [1.82, 2.24) is 10.6 Å². The number of β-amino-alcohol motifs (C(OH)–C–C–N with tert-alkyl or cyclic N) is 1. The maximum Gasteiger partial charge on any atom is 0.0556 e. The van der Waals surface area contributed by atoms with Crippen molar-refractivity contribution in [2.45, 2.75) is 52.5 Å². The molecule has 1 heterocycles. The lowest BCUT2D eigenvalue weighted by atomic mass is 9.93. The Labute approximate surface area is 166 Å². The van der Waals surface area contributed by atoms with E-state index < -0.39 is 0 Å². The van der Waals surface area contributed by atoms with Crippen LogP contribution in [0.2, 0.25) is 0 Å². The molecule has 0 bridgehead atoms. The van der Waals surface area contributed by atoms with Gasteiger partial charge in [-0.15, -0.1) is 12.8 Å². The summed E-state index contributed by atoms with van der Waals surface area (Å²) in [4.78, 5) is 0. The predicted molar refractivity (Wildman–Crippen MR) is 120 cm³/mol. The van der Waals surface area contributed by atoms with E-state index in [0.29, 0.717) is 6.54 Å². The van der Waals surface area contributed by atoms with Gasteiger partial charge in [0.15, 0.2) is 0 Å². The van der Waals surface area contributed by atoms with Gasteiger partial charge in [0.05, 0.1) is 6.61 Å². The zero-order valence-corrected chi connectivity index (χ0v) is 17.6. The average molecular weight is 371 g/mol. The van der Waals surface area contributed by atoms with Crippen molar-refractivity contribution in [3.8, 4) is 12.8 Å². The monoisotopic (exact) mass is 370 g/mol. The van der Waals surface area contributed by atoms with Gasteiger partial charge in [0.2, 0.25) is 0 Å². The summed E-state index contributed by atoms with van der Waals surface area (Å²) in [7, 11) is 0. The van der Waals surface area contributed by atoms with E-state index in [4.69, 9.17) is 5.11 Å². The van der Waals surface area contributed by atoms with Crippen molar-refractivity contribution in [3.05, 3.63) is 48.0 Å². The first kappa shape index (κ1) is 25.1. The molecule has 0 amide bonds. The van der Waals surface area contributed by atoms with Crippen molar-refractivity contribution < 1.29 is 5.11 Å². The van der Waals surface area contributed by atoms with Crippen LogP contribution in [0, 0.1) is 12.8 Å². The van der Waals surface area contributed by atoms with Gasteiger partial charge in [-0.3, -0.25) is 0 Å². The highest BCUT2D eigenvalue weighted by Gasteiger charge is 2.17. The second kappa shape index (κ2) is 15.2. The van der Waals surface area contributed by atoms with Crippen LogP contribution in [-0.2, 0) is 6.42 Å². The summed E-state index contributed by atoms with van der Waals surface area (Å²) in [6.07, 6.45) is 11.7. The van der Waals surface area contributed by atoms with Gasteiger partial charge in [-0.05, 0) is 62.5 Å². The molecule has 3 heteroatoms. The summed E-state index contributed by atoms with van der Waals surface area (Å²) < 4.78 is 0. The maximum absolute atomic E-state index is 8.87. The van der Waals surface area contributed by atoms with E-state index >= 15 is 0 Å². The summed E-state index contributed by atoms with van der Waals surface area (Å²) in [5, 5.41) is 18.0. The zero-order chi connectivity index (χ0) is 20.5. The first-order valence-electron chi connectivity index (χ1n) is 9.98. The van der Waals surface area contributed by atoms with Crippen molar-refractivity contribution in [1.29, 1.82) is 0 Å². The van der Waals surface area contributed by atoms with Crippen LogP contribution in [0.25, 0.3) is 10.8 Å². The molecule has 3 nitrogen and oxygen atoms in total. The molecule has 0 aromatic heterocycles. The second-order valence-electron chi connectivity index (χ2n) is 6.85. The van der Waals surface area contributed by atoms with Crippen molar-refractivity contribution in [2.75, 3.05) is 26.2 Å². The number of rotatable bonds is 5. The Kier molecular flexibility index (Phi) is 14.2. The number of hydrogen-bond donors (Lipinski definition) is 3. The molecule has 27 heavy (non-hydrogen) atoms. The molecule has 2 aromatic carbocycles. The molecule has 1 aliphatic heterocycles. The third kappa shape index (κ3) is 10.8. The molecule has 0 spiro atoms. The van der Waals surface area contributed by atoms with E-state index in [1.807, 2.05) is 13.8 Å². The lowest BCUT2D eigenvalue weighted by Crippen LogP contribution is -2.42. The Balaban J connectivity index is 0.000000629. The Hall–Kier alpha value is -1.86. The van der Waals surface area contributed by atoms with Gasteiger partial charge in [-0.25, -0.2) is 0 Å². The van der Waals surface area contributed by atoms with Crippen molar-refractivity contribution in [2.24, 2.45) is 0 Å². The normalized spacial score (nSPS) is 12.7. The number of nitrogens with one attached hydrogen (secondary N) is 2. The number of benzene rings is 2. The lowest BCUT2D eigenvalue weighted by Gasteiger charge is -2.26. The molecule has 1 fully saturated rings. The van der Waals surface area contributed by atoms with Crippen LogP contribution in [0.1, 0.15) is 46.1 Å². The lowest BCUT2D eigenvalue weighted by molar-refractivity contribution is 0.265. The average Bonchev–Trinajstić information content (AvgIpc) is 3.29. The van der Waals surface area contributed by atoms with Crippen LogP contribution in [0.5, 0.6) is 0 Å². The van der Waals surface area contributed by atoms with Crippen LogP contribution in [0.3, 0.4) is 0 Å². The second-order valence-corrected chi connectivity index (χ2v) is 6.85. The van der Waals surface area contributed by atoms with Crippen LogP contribution in [0.15, 0.2) is 42.5 Å². The van der Waals surface area contributed by atoms with Crippen LogP contribution < -0.4 is 10.6 Å². The van der Waals surface area contributed by atoms with Gasteiger partial charge in [0, 0.05) is 12.1 Å². The molecule has 0 atom stereocenters. The SMILES string of the molecule is C#C.C1CCNC1.CC.CC(C)(Cc1ccc2ccccc2c1)NCCO.